The number of nitrogens with two attached hydrogens (primary N) is 1. The summed E-state index contributed by atoms with van der Waals surface area (Å²) in [6, 6.07) is 7.16. The molecule has 0 aromatic heterocycles. The van der Waals surface area contributed by atoms with Crippen molar-refractivity contribution >= 4 is 6.08 Å². The molecule has 0 aliphatic heterocycles. The van der Waals surface area contributed by atoms with Crippen molar-refractivity contribution in [3.63, 3.8) is 0 Å². The van der Waals surface area contributed by atoms with Crippen molar-refractivity contribution in [1.82, 2.24) is 5.32 Å². The SMILES string of the molecule is CN/C(N)=C(C)/C=C/c1ccccc1O. The highest BCUT2D eigenvalue weighted by molar-refractivity contribution is 5.59. The van der Waals surface area contributed by atoms with Gasteiger partial charge in [0.15, 0.2) is 0 Å². The number of hydrogen-bond acceptors (Lipinski definition) is 3. The molecule has 0 amide bonds. The van der Waals surface area contributed by atoms with E-state index in [1.807, 2.05) is 31.2 Å². The van der Waals surface area contributed by atoms with Gasteiger partial charge in [-0.15, -0.1) is 0 Å². The maximum atomic E-state index is 9.51. The predicted molar refractivity (Wildman–Crippen MR) is 63.1 cm³/mol. The lowest BCUT2D eigenvalue weighted by atomic mass is 10.1. The summed E-state index contributed by atoms with van der Waals surface area (Å²) in [6.45, 7) is 1.91. The van der Waals surface area contributed by atoms with Crippen LogP contribution < -0.4 is 11.1 Å². The van der Waals surface area contributed by atoms with E-state index < -0.39 is 0 Å². The number of hydrogen-bond donors (Lipinski definition) is 3. The quantitative estimate of drug-likeness (QED) is 0.658. The summed E-state index contributed by atoms with van der Waals surface area (Å²) in [5.41, 5.74) is 7.38. The van der Waals surface area contributed by atoms with Crippen LogP contribution in [-0.2, 0) is 0 Å². The van der Waals surface area contributed by atoms with Gasteiger partial charge in [0.25, 0.3) is 0 Å². The lowest BCUT2D eigenvalue weighted by Gasteiger charge is -2.02. The van der Waals surface area contributed by atoms with E-state index in [1.54, 1.807) is 19.2 Å². The van der Waals surface area contributed by atoms with Gasteiger partial charge in [-0.2, -0.15) is 0 Å². The summed E-state index contributed by atoms with van der Waals surface area (Å²) in [6.07, 6.45) is 3.69. The number of nitrogens with one attached hydrogen (secondary N) is 1. The highest BCUT2D eigenvalue weighted by atomic mass is 16.3. The Morgan fingerprint density at radius 2 is 2.07 bits per heavy atom. The van der Waals surface area contributed by atoms with Crippen LogP contribution in [0.4, 0.5) is 0 Å². The molecule has 0 unspecified atom stereocenters. The molecule has 3 heteroatoms. The summed E-state index contributed by atoms with van der Waals surface area (Å²) in [7, 11) is 1.77. The third-order valence-corrected chi connectivity index (χ3v) is 2.14. The molecule has 0 radical (unpaired) electrons. The molecule has 1 aromatic carbocycles. The van der Waals surface area contributed by atoms with Crippen LogP contribution in [0.1, 0.15) is 12.5 Å². The zero-order valence-corrected chi connectivity index (χ0v) is 8.99. The molecular weight excluding hydrogens is 188 g/mol. The molecule has 1 rings (SSSR count). The molecule has 0 aliphatic carbocycles. The number of benzene rings is 1. The van der Waals surface area contributed by atoms with Gasteiger partial charge in [0, 0.05) is 12.6 Å². The summed E-state index contributed by atoms with van der Waals surface area (Å²) in [5.74, 6) is 0.895. The van der Waals surface area contributed by atoms with Crippen LogP contribution in [0.2, 0.25) is 0 Å². The molecule has 80 valence electrons. The first-order valence-corrected chi connectivity index (χ1v) is 4.75. The fourth-order valence-corrected chi connectivity index (χ4v) is 1.13. The first kappa shape index (κ1) is 11.2. The van der Waals surface area contributed by atoms with Crippen molar-refractivity contribution in [2.45, 2.75) is 6.92 Å². The van der Waals surface area contributed by atoms with Gasteiger partial charge in [-0.3, -0.25) is 0 Å². The first-order chi connectivity index (χ1) is 7.15. The highest BCUT2D eigenvalue weighted by Crippen LogP contribution is 2.17. The Kier molecular flexibility index (Phi) is 3.80. The zero-order valence-electron chi connectivity index (χ0n) is 8.99. The summed E-state index contributed by atoms with van der Waals surface area (Å²) in [4.78, 5) is 0. The zero-order chi connectivity index (χ0) is 11.3. The summed E-state index contributed by atoms with van der Waals surface area (Å²) in [5, 5.41) is 12.4. The average molecular weight is 204 g/mol. The molecule has 0 heterocycles. The van der Waals surface area contributed by atoms with Crippen molar-refractivity contribution in [1.29, 1.82) is 0 Å². The molecule has 0 atom stereocenters. The lowest BCUT2D eigenvalue weighted by Crippen LogP contribution is -2.16. The van der Waals surface area contributed by atoms with Gasteiger partial charge in [-0.05, 0) is 18.6 Å². The second-order valence-corrected chi connectivity index (χ2v) is 3.24. The van der Waals surface area contributed by atoms with Gasteiger partial charge >= 0.3 is 0 Å². The number of para-hydroxylation sites is 1. The van der Waals surface area contributed by atoms with E-state index in [0.29, 0.717) is 5.82 Å². The third-order valence-electron chi connectivity index (χ3n) is 2.14. The molecule has 3 nitrogen and oxygen atoms in total. The minimum atomic E-state index is 0.268. The van der Waals surface area contributed by atoms with Crippen molar-refractivity contribution in [3.8, 4) is 5.75 Å². The van der Waals surface area contributed by atoms with Crippen LogP contribution in [0.15, 0.2) is 41.7 Å². The number of phenolic OH excluding ortho intramolecular Hbond substituents is 1. The van der Waals surface area contributed by atoms with Crippen LogP contribution in [-0.4, -0.2) is 12.2 Å². The summed E-state index contributed by atoms with van der Waals surface area (Å²) >= 11 is 0. The molecule has 0 fully saturated rings. The van der Waals surface area contributed by atoms with Gasteiger partial charge in [-0.25, -0.2) is 0 Å². The van der Waals surface area contributed by atoms with Crippen LogP contribution in [0.25, 0.3) is 6.08 Å². The Hall–Kier alpha value is -1.90. The van der Waals surface area contributed by atoms with Gasteiger partial charge < -0.3 is 16.2 Å². The Labute approximate surface area is 89.9 Å². The first-order valence-electron chi connectivity index (χ1n) is 4.75. The minimum Gasteiger partial charge on any atom is -0.507 e. The van der Waals surface area contributed by atoms with Gasteiger partial charge in [0.05, 0.1) is 5.82 Å². The molecule has 0 saturated carbocycles. The van der Waals surface area contributed by atoms with E-state index in [1.165, 1.54) is 0 Å². The van der Waals surface area contributed by atoms with Crippen molar-refractivity contribution in [2.24, 2.45) is 5.73 Å². The second-order valence-electron chi connectivity index (χ2n) is 3.24. The van der Waals surface area contributed by atoms with Crippen LogP contribution in [0.5, 0.6) is 5.75 Å². The number of rotatable bonds is 3. The van der Waals surface area contributed by atoms with E-state index in [4.69, 9.17) is 5.73 Å². The molecule has 0 spiro atoms. The van der Waals surface area contributed by atoms with Crippen LogP contribution in [0.3, 0.4) is 0 Å². The smallest absolute Gasteiger partial charge is 0.122 e. The van der Waals surface area contributed by atoms with Crippen LogP contribution >= 0.6 is 0 Å². The Bertz CT molecular complexity index is 394. The fourth-order valence-electron chi connectivity index (χ4n) is 1.13. The normalized spacial score (nSPS) is 12.7. The van der Waals surface area contributed by atoms with E-state index in [-0.39, 0.29) is 5.75 Å². The predicted octanol–water partition coefficient (Wildman–Crippen LogP) is 1.81. The van der Waals surface area contributed by atoms with Crippen molar-refractivity contribution in [3.05, 3.63) is 47.3 Å². The highest BCUT2D eigenvalue weighted by Gasteiger charge is 1.94. The molecular formula is C12H16N2O. The van der Waals surface area contributed by atoms with Gasteiger partial charge in [0.2, 0.25) is 0 Å². The van der Waals surface area contributed by atoms with E-state index in [2.05, 4.69) is 5.32 Å². The Balaban J connectivity index is 2.88. The van der Waals surface area contributed by atoms with Gasteiger partial charge in [0.1, 0.15) is 5.75 Å². The van der Waals surface area contributed by atoms with E-state index in [0.717, 1.165) is 11.1 Å². The van der Waals surface area contributed by atoms with Crippen molar-refractivity contribution < 1.29 is 5.11 Å². The second kappa shape index (κ2) is 5.10. The molecule has 0 bridgehead atoms. The molecule has 0 aliphatic rings. The molecule has 4 N–H and O–H groups in total. The molecule has 15 heavy (non-hydrogen) atoms. The van der Waals surface area contributed by atoms with Gasteiger partial charge in [-0.1, -0.05) is 30.4 Å². The third kappa shape index (κ3) is 3.06. The maximum absolute atomic E-state index is 9.51. The fraction of sp³-hybridized carbons (Fsp3) is 0.167. The molecule has 1 aromatic rings. The van der Waals surface area contributed by atoms with E-state index in [9.17, 15) is 5.11 Å². The largest absolute Gasteiger partial charge is 0.507 e. The monoisotopic (exact) mass is 204 g/mol. The number of phenols is 1. The van der Waals surface area contributed by atoms with E-state index >= 15 is 0 Å². The topological polar surface area (TPSA) is 58.3 Å². The minimum absolute atomic E-state index is 0.268. The molecule has 0 saturated heterocycles. The Morgan fingerprint density at radius 3 is 2.67 bits per heavy atom. The maximum Gasteiger partial charge on any atom is 0.122 e. The lowest BCUT2D eigenvalue weighted by molar-refractivity contribution is 0.474. The number of aromatic hydroxyl groups is 1. The van der Waals surface area contributed by atoms with Crippen molar-refractivity contribution in [2.75, 3.05) is 7.05 Å². The standard InChI is InChI=1S/C12H16N2O/c1-9(12(13)14-2)7-8-10-5-3-4-6-11(10)15/h3-8,14-15H,13H2,1-2H3/b8-7+,12-9+. The average Bonchev–Trinajstić information content (AvgIpc) is 2.26. The number of allylic oxidation sites excluding steroid dienone is 2. The Morgan fingerprint density at radius 1 is 1.40 bits per heavy atom. The summed E-state index contributed by atoms with van der Waals surface area (Å²) < 4.78 is 0. The van der Waals surface area contributed by atoms with Crippen LogP contribution in [0, 0.1) is 0 Å².